The topological polar surface area (TPSA) is 73.8 Å². The summed E-state index contributed by atoms with van der Waals surface area (Å²) < 4.78 is 0. The summed E-state index contributed by atoms with van der Waals surface area (Å²) in [6.07, 6.45) is 4.18. The Morgan fingerprint density at radius 2 is 2.08 bits per heavy atom. The van der Waals surface area contributed by atoms with Gasteiger partial charge in [0, 0.05) is 25.8 Å². The molecule has 3 aliphatic rings. The Morgan fingerprint density at radius 1 is 1.20 bits per heavy atom. The van der Waals surface area contributed by atoms with Crippen molar-refractivity contribution in [3.8, 4) is 0 Å². The van der Waals surface area contributed by atoms with Gasteiger partial charge in [0.1, 0.15) is 11.9 Å². The molecule has 25 heavy (non-hydrogen) atoms. The zero-order valence-electron chi connectivity index (χ0n) is 13.8. The van der Waals surface area contributed by atoms with Crippen LogP contribution in [0.25, 0.3) is 0 Å². The second-order valence-corrected chi connectivity index (χ2v) is 7.51. The number of carbonyl (C=O) groups is 3. The van der Waals surface area contributed by atoms with E-state index in [4.69, 9.17) is 0 Å². The molecule has 0 radical (unpaired) electrons. The summed E-state index contributed by atoms with van der Waals surface area (Å²) in [6, 6.07) is 5.34. The van der Waals surface area contributed by atoms with E-state index in [1.165, 1.54) is 4.90 Å². The van der Waals surface area contributed by atoms with Crippen molar-refractivity contribution < 1.29 is 14.4 Å². The van der Waals surface area contributed by atoms with Gasteiger partial charge >= 0.3 is 0 Å². The summed E-state index contributed by atoms with van der Waals surface area (Å²) in [5.41, 5.74) is 0. The van der Waals surface area contributed by atoms with Crippen LogP contribution >= 0.6 is 11.8 Å². The Bertz CT molecular complexity index is 682. The number of aromatic nitrogens is 1. The van der Waals surface area contributed by atoms with Crippen molar-refractivity contribution in [2.45, 2.75) is 31.3 Å². The van der Waals surface area contributed by atoms with E-state index in [0.29, 0.717) is 19.5 Å². The lowest BCUT2D eigenvalue weighted by molar-refractivity contribution is -0.132. The van der Waals surface area contributed by atoms with E-state index in [-0.39, 0.29) is 34.9 Å². The predicted molar refractivity (Wildman–Crippen MR) is 94.3 cm³/mol. The van der Waals surface area contributed by atoms with Crippen LogP contribution in [0.1, 0.15) is 19.3 Å². The highest BCUT2D eigenvalue weighted by Crippen LogP contribution is 2.29. The fourth-order valence-corrected chi connectivity index (χ4v) is 4.68. The Labute approximate surface area is 150 Å². The standard InChI is InChI=1S/C17H20N4O3S/c22-15-11-25-17(24)21(15)12-6-9-19(10-12)16(23)13-4-3-8-20(13)14-5-1-2-7-18-14/h1-2,5,7,12-13H,3-4,6,8-11H2. The van der Waals surface area contributed by atoms with E-state index >= 15 is 0 Å². The number of rotatable bonds is 3. The van der Waals surface area contributed by atoms with E-state index in [1.807, 2.05) is 18.2 Å². The van der Waals surface area contributed by atoms with Crippen LogP contribution < -0.4 is 4.90 Å². The molecule has 3 fully saturated rings. The van der Waals surface area contributed by atoms with Crippen LogP contribution in [-0.2, 0) is 9.59 Å². The predicted octanol–water partition coefficient (Wildman–Crippen LogP) is 1.35. The number of hydrogen-bond acceptors (Lipinski definition) is 6. The lowest BCUT2D eigenvalue weighted by atomic mass is 10.2. The van der Waals surface area contributed by atoms with E-state index < -0.39 is 0 Å². The maximum absolute atomic E-state index is 13.0. The molecule has 3 aliphatic heterocycles. The van der Waals surface area contributed by atoms with Gasteiger partial charge in [-0.25, -0.2) is 4.98 Å². The molecule has 0 saturated carbocycles. The lowest BCUT2D eigenvalue weighted by Gasteiger charge is -2.29. The molecule has 3 saturated heterocycles. The van der Waals surface area contributed by atoms with Gasteiger partial charge in [-0.2, -0.15) is 0 Å². The Hall–Kier alpha value is -2.09. The summed E-state index contributed by atoms with van der Waals surface area (Å²) in [4.78, 5) is 46.4. The largest absolute Gasteiger partial charge is 0.345 e. The van der Waals surface area contributed by atoms with Crippen LogP contribution in [-0.4, -0.2) is 69.3 Å². The summed E-state index contributed by atoms with van der Waals surface area (Å²) >= 11 is 1.05. The molecule has 4 heterocycles. The zero-order chi connectivity index (χ0) is 17.4. The van der Waals surface area contributed by atoms with E-state index in [2.05, 4.69) is 9.88 Å². The highest BCUT2D eigenvalue weighted by molar-refractivity contribution is 8.14. The molecule has 1 aromatic heterocycles. The average Bonchev–Trinajstić information content (AvgIpc) is 3.35. The first-order chi connectivity index (χ1) is 12.1. The van der Waals surface area contributed by atoms with Crippen molar-refractivity contribution in [1.82, 2.24) is 14.8 Å². The second-order valence-electron chi connectivity index (χ2n) is 6.58. The molecule has 1 aromatic rings. The summed E-state index contributed by atoms with van der Waals surface area (Å²) in [5.74, 6) is 0.998. The number of imide groups is 1. The molecule has 0 aliphatic carbocycles. The van der Waals surface area contributed by atoms with Crippen molar-refractivity contribution in [3.05, 3.63) is 24.4 Å². The second kappa shape index (κ2) is 6.67. The molecule has 0 bridgehead atoms. The van der Waals surface area contributed by atoms with Crippen molar-refractivity contribution in [2.24, 2.45) is 0 Å². The smallest absolute Gasteiger partial charge is 0.289 e. The number of amides is 3. The van der Waals surface area contributed by atoms with Crippen molar-refractivity contribution in [3.63, 3.8) is 0 Å². The maximum Gasteiger partial charge on any atom is 0.289 e. The lowest BCUT2D eigenvalue weighted by Crippen LogP contribution is -2.47. The highest BCUT2D eigenvalue weighted by atomic mass is 32.2. The molecule has 7 nitrogen and oxygen atoms in total. The van der Waals surface area contributed by atoms with Crippen molar-refractivity contribution in [1.29, 1.82) is 0 Å². The molecule has 2 atom stereocenters. The third-order valence-corrected chi connectivity index (χ3v) is 5.94. The van der Waals surface area contributed by atoms with Crippen molar-refractivity contribution >= 4 is 34.6 Å². The van der Waals surface area contributed by atoms with Crippen LogP contribution in [0.15, 0.2) is 24.4 Å². The van der Waals surface area contributed by atoms with Gasteiger partial charge in [0.25, 0.3) is 5.24 Å². The van der Waals surface area contributed by atoms with Crippen LogP contribution in [0.4, 0.5) is 10.6 Å². The molecule has 0 spiro atoms. The summed E-state index contributed by atoms with van der Waals surface area (Å²) in [5, 5.41) is -0.180. The van der Waals surface area contributed by atoms with Crippen LogP contribution in [0.3, 0.4) is 0 Å². The summed E-state index contributed by atoms with van der Waals surface area (Å²) in [7, 11) is 0. The fraction of sp³-hybridized carbons (Fsp3) is 0.529. The zero-order valence-corrected chi connectivity index (χ0v) is 14.7. The van der Waals surface area contributed by atoms with Gasteiger partial charge in [-0.1, -0.05) is 17.8 Å². The highest BCUT2D eigenvalue weighted by Gasteiger charge is 2.42. The Kier molecular flexibility index (Phi) is 4.37. The van der Waals surface area contributed by atoms with Gasteiger partial charge in [0.2, 0.25) is 11.8 Å². The number of likely N-dealkylation sites (tertiary alicyclic amines) is 1. The molecule has 4 rings (SSSR count). The molecule has 0 aromatic carbocycles. The average molecular weight is 360 g/mol. The number of carbonyl (C=O) groups excluding carboxylic acids is 3. The first kappa shape index (κ1) is 16.4. The third-order valence-electron chi connectivity index (χ3n) is 5.11. The number of thioether (sulfide) groups is 1. The third kappa shape index (κ3) is 2.99. The van der Waals surface area contributed by atoms with Gasteiger partial charge in [-0.3, -0.25) is 19.3 Å². The quantitative estimate of drug-likeness (QED) is 0.810. The monoisotopic (exact) mass is 360 g/mol. The first-order valence-corrected chi connectivity index (χ1v) is 9.59. The minimum absolute atomic E-state index is 0.0809. The number of hydrogen-bond donors (Lipinski definition) is 0. The minimum Gasteiger partial charge on any atom is -0.345 e. The van der Waals surface area contributed by atoms with Gasteiger partial charge in [0.15, 0.2) is 0 Å². The molecular weight excluding hydrogens is 340 g/mol. The SMILES string of the molecule is O=C(C1CCCN1c1ccccn1)N1CCC(N2C(=O)CSC2=O)C1. The molecule has 2 unspecified atom stereocenters. The Balaban J connectivity index is 1.45. The van der Waals surface area contributed by atoms with Crippen LogP contribution in [0.2, 0.25) is 0 Å². The number of pyridine rings is 1. The number of anilines is 1. The van der Waals surface area contributed by atoms with Crippen LogP contribution in [0, 0.1) is 0 Å². The molecule has 132 valence electrons. The fourth-order valence-electron chi connectivity index (χ4n) is 3.90. The molecule has 8 heteroatoms. The van der Waals surface area contributed by atoms with E-state index in [1.54, 1.807) is 11.1 Å². The maximum atomic E-state index is 13.0. The van der Waals surface area contributed by atoms with Crippen LogP contribution in [0.5, 0.6) is 0 Å². The van der Waals surface area contributed by atoms with Gasteiger partial charge in [-0.05, 0) is 31.4 Å². The molecule has 3 amide bonds. The van der Waals surface area contributed by atoms with E-state index in [0.717, 1.165) is 37.0 Å². The van der Waals surface area contributed by atoms with E-state index in [9.17, 15) is 14.4 Å². The number of nitrogens with zero attached hydrogens (tertiary/aromatic N) is 4. The molecular formula is C17H20N4O3S. The minimum atomic E-state index is -0.201. The molecule has 0 N–H and O–H groups in total. The first-order valence-electron chi connectivity index (χ1n) is 8.60. The Morgan fingerprint density at radius 3 is 2.80 bits per heavy atom. The van der Waals surface area contributed by atoms with Gasteiger partial charge in [-0.15, -0.1) is 0 Å². The summed E-state index contributed by atoms with van der Waals surface area (Å²) in [6.45, 7) is 1.87. The van der Waals surface area contributed by atoms with Gasteiger partial charge < -0.3 is 9.80 Å². The van der Waals surface area contributed by atoms with Crippen molar-refractivity contribution in [2.75, 3.05) is 30.3 Å². The normalized spacial score (nSPS) is 26.8. The van der Waals surface area contributed by atoms with Gasteiger partial charge in [0.05, 0.1) is 11.8 Å².